The highest BCUT2D eigenvalue weighted by atomic mass is 16.5. The van der Waals surface area contributed by atoms with E-state index >= 15 is 0 Å². The molecule has 1 atom stereocenters. The van der Waals surface area contributed by atoms with E-state index in [2.05, 4.69) is 19.0 Å². The molecule has 142 valence electrons. The van der Waals surface area contributed by atoms with Gasteiger partial charge in [-0.05, 0) is 39.4 Å². The molecule has 0 N–H and O–H groups in total. The number of likely N-dealkylation sites (N-methyl/N-ethyl adjacent to an activating group) is 1. The van der Waals surface area contributed by atoms with E-state index in [1.807, 2.05) is 34.7 Å². The van der Waals surface area contributed by atoms with Gasteiger partial charge in [0.25, 0.3) is 5.91 Å². The predicted molar refractivity (Wildman–Crippen MR) is 103 cm³/mol. The number of likely N-dealkylation sites (tertiary alicyclic amines) is 1. The summed E-state index contributed by atoms with van der Waals surface area (Å²) < 4.78 is 12.8. The van der Waals surface area contributed by atoms with Crippen molar-refractivity contribution < 1.29 is 14.3 Å². The van der Waals surface area contributed by atoms with Crippen LogP contribution in [0, 0.1) is 0 Å². The maximum Gasteiger partial charge on any atom is 0.270 e. The first-order chi connectivity index (χ1) is 12.5. The standard InChI is InChI=1S/C20H29N3O3/c1-21(2)13-14-8-6-7-9-23(14)20(24)18-12-16-17(22(18)3)10-15(25-4)11-19(16)26-5/h10-12,14H,6-9,13H2,1-5H3/t14-/m0/s1. The summed E-state index contributed by atoms with van der Waals surface area (Å²) in [6.45, 7) is 1.71. The number of carbonyl (C=O) groups is 1. The number of carbonyl (C=O) groups excluding carboxylic acids is 1. The molecule has 0 saturated carbocycles. The van der Waals surface area contributed by atoms with E-state index in [-0.39, 0.29) is 11.9 Å². The zero-order valence-electron chi connectivity index (χ0n) is 16.4. The van der Waals surface area contributed by atoms with Crippen molar-refractivity contribution in [3.05, 3.63) is 23.9 Å². The highest BCUT2D eigenvalue weighted by Crippen LogP contribution is 2.34. The number of methoxy groups -OCH3 is 2. The quantitative estimate of drug-likeness (QED) is 0.824. The molecule has 0 aliphatic carbocycles. The Hall–Kier alpha value is -2.21. The van der Waals surface area contributed by atoms with Crippen molar-refractivity contribution >= 4 is 16.8 Å². The van der Waals surface area contributed by atoms with Gasteiger partial charge in [-0.2, -0.15) is 0 Å². The van der Waals surface area contributed by atoms with E-state index in [4.69, 9.17) is 9.47 Å². The molecule has 1 fully saturated rings. The summed E-state index contributed by atoms with van der Waals surface area (Å²) in [7, 11) is 9.32. The number of aryl methyl sites for hydroxylation is 1. The van der Waals surface area contributed by atoms with Crippen LogP contribution >= 0.6 is 0 Å². The lowest BCUT2D eigenvalue weighted by Crippen LogP contribution is -2.48. The van der Waals surface area contributed by atoms with Crippen LogP contribution in [-0.2, 0) is 7.05 Å². The first-order valence-corrected chi connectivity index (χ1v) is 9.13. The molecule has 0 unspecified atom stereocenters. The minimum Gasteiger partial charge on any atom is -0.497 e. The predicted octanol–water partition coefficient (Wildman–Crippen LogP) is 2.75. The van der Waals surface area contributed by atoms with Crippen LogP contribution in [0.1, 0.15) is 29.8 Å². The Morgan fingerprint density at radius 1 is 1.19 bits per heavy atom. The van der Waals surface area contributed by atoms with E-state index in [1.54, 1.807) is 14.2 Å². The summed E-state index contributed by atoms with van der Waals surface area (Å²) in [6, 6.07) is 6.01. The number of fused-ring (bicyclic) bond motifs is 1. The van der Waals surface area contributed by atoms with Gasteiger partial charge in [0.1, 0.15) is 17.2 Å². The fourth-order valence-electron chi connectivity index (χ4n) is 3.89. The van der Waals surface area contributed by atoms with Gasteiger partial charge in [-0.1, -0.05) is 0 Å². The third-order valence-corrected chi connectivity index (χ3v) is 5.24. The highest BCUT2D eigenvalue weighted by Gasteiger charge is 2.30. The monoisotopic (exact) mass is 359 g/mol. The molecule has 1 saturated heterocycles. The number of hydrogen-bond donors (Lipinski definition) is 0. The Labute approximate surface area is 155 Å². The van der Waals surface area contributed by atoms with Crippen LogP contribution in [0.4, 0.5) is 0 Å². The molecule has 2 aromatic rings. The molecule has 0 radical (unpaired) electrons. The minimum absolute atomic E-state index is 0.0938. The van der Waals surface area contributed by atoms with E-state index in [0.717, 1.165) is 48.3 Å². The van der Waals surface area contributed by atoms with Gasteiger partial charge in [-0.25, -0.2) is 0 Å². The average molecular weight is 359 g/mol. The van der Waals surface area contributed by atoms with Gasteiger partial charge >= 0.3 is 0 Å². The third-order valence-electron chi connectivity index (χ3n) is 5.24. The molecule has 3 rings (SSSR count). The van der Waals surface area contributed by atoms with Crippen LogP contribution in [0.3, 0.4) is 0 Å². The lowest BCUT2D eigenvalue weighted by atomic mass is 10.0. The van der Waals surface area contributed by atoms with Crippen LogP contribution in [0.2, 0.25) is 0 Å². The van der Waals surface area contributed by atoms with Gasteiger partial charge < -0.3 is 23.8 Å². The molecule has 0 spiro atoms. The van der Waals surface area contributed by atoms with Crippen LogP contribution in [-0.4, -0.2) is 67.7 Å². The second-order valence-corrected chi connectivity index (χ2v) is 7.26. The van der Waals surface area contributed by atoms with Gasteiger partial charge in [-0.15, -0.1) is 0 Å². The molecule has 1 aromatic carbocycles. The first-order valence-electron chi connectivity index (χ1n) is 9.13. The van der Waals surface area contributed by atoms with Crippen molar-refractivity contribution in [2.75, 3.05) is 41.4 Å². The number of benzene rings is 1. The Bertz CT molecular complexity index is 797. The van der Waals surface area contributed by atoms with Crippen molar-refractivity contribution in [1.29, 1.82) is 0 Å². The summed E-state index contributed by atoms with van der Waals surface area (Å²) in [6.07, 6.45) is 3.31. The van der Waals surface area contributed by atoms with Gasteiger partial charge in [0.2, 0.25) is 0 Å². The molecular weight excluding hydrogens is 330 g/mol. The second-order valence-electron chi connectivity index (χ2n) is 7.26. The number of rotatable bonds is 5. The van der Waals surface area contributed by atoms with Crippen molar-refractivity contribution in [2.45, 2.75) is 25.3 Å². The van der Waals surface area contributed by atoms with Gasteiger partial charge in [-0.3, -0.25) is 4.79 Å². The Morgan fingerprint density at radius 2 is 1.96 bits per heavy atom. The first kappa shape index (κ1) is 18.6. The number of amides is 1. The average Bonchev–Trinajstić information content (AvgIpc) is 2.97. The Morgan fingerprint density at radius 3 is 2.62 bits per heavy atom. The lowest BCUT2D eigenvalue weighted by Gasteiger charge is -2.37. The van der Waals surface area contributed by atoms with E-state index in [1.165, 1.54) is 6.42 Å². The molecule has 1 aliphatic heterocycles. The van der Waals surface area contributed by atoms with Gasteiger partial charge in [0.05, 0.1) is 19.7 Å². The minimum atomic E-state index is 0.0938. The van der Waals surface area contributed by atoms with Gasteiger partial charge in [0.15, 0.2) is 0 Å². The fourth-order valence-corrected chi connectivity index (χ4v) is 3.89. The third kappa shape index (κ3) is 3.38. The molecule has 1 aliphatic rings. The van der Waals surface area contributed by atoms with Crippen LogP contribution < -0.4 is 9.47 Å². The maximum atomic E-state index is 13.4. The van der Waals surface area contributed by atoms with Crippen LogP contribution in [0.5, 0.6) is 11.5 Å². The molecule has 0 bridgehead atoms. The molecule has 2 heterocycles. The molecule has 1 amide bonds. The van der Waals surface area contributed by atoms with Crippen molar-refractivity contribution in [2.24, 2.45) is 7.05 Å². The van der Waals surface area contributed by atoms with E-state index < -0.39 is 0 Å². The van der Waals surface area contributed by atoms with Crippen molar-refractivity contribution in [3.8, 4) is 11.5 Å². The van der Waals surface area contributed by atoms with Crippen molar-refractivity contribution in [3.63, 3.8) is 0 Å². The number of piperidine rings is 1. The normalized spacial score (nSPS) is 17.8. The van der Waals surface area contributed by atoms with Crippen molar-refractivity contribution in [1.82, 2.24) is 14.4 Å². The van der Waals surface area contributed by atoms with Crippen LogP contribution in [0.25, 0.3) is 10.9 Å². The zero-order valence-corrected chi connectivity index (χ0v) is 16.4. The van der Waals surface area contributed by atoms with E-state index in [9.17, 15) is 4.79 Å². The SMILES string of the molecule is COc1cc(OC)c2cc(C(=O)N3CCCC[C@H]3CN(C)C)n(C)c2c1. The molecule has 6 heteroatoms. The topological polar surface area (TPSA) is 46.9 Å². The second kappa shape index (κ2) is 7.58. The Kier molecular flexibility index (Phi) is 5.41. The Balaban J connectivity index is 2.01. The van der Waals surface area contributed by atoms with Gasteiger partial charge in [0, 0.05) is 43.7 Å². The fraction of sp³-hybridized carbons (Fsp3) is 0.550. The largest absolute Gasteiger partial charge is 0.497 e. The highest BCUT2D eigenvalue weighted by molar-refractivity contribution is 6.01. The van der Waals surface area contributed by atoms with Crippen LogP contribution in [0.15, 0.2) is 18.2 Å². The van der Waals surface area contributed by atoms with E-state index in [0.29, 0.717) is 5.69 Å². The number of nitrogens with zero attached hydrogens (tertiary/aromatic N) is 3. The zero-order chi connectivity index (χ0) is 18.8. The maximum absolute atomic E-state index is 13.4. The summed E-state index contributed by atoms with van der Waals surface area (Å²) in [5, 5.41) is 0.931. The summed E-state index contributed by atoms with van der Waals surface area (Å²) >= 11 is 0. The smallest absolute Gasteiger partial charge is 0.270 e. The molecule has 6 nitrogen and oxygen atoms in total. The lowest BCUT2D eigenvalue weighted by molar-refractivity contribution is 0.0565. The molecular formula is C20H29N3O3. The number of ether oxygens (including phenoxy) is 2. The summed E-state index contributed by atoms with van der Waals surface area (Å²) in [5.74, 6) is 1.53. The molecule has 26 heavy (non-hydrogen) atoms. The summed E-state index contributed by atoms with van der Waals surface area (Å²) in [5.41, 5.74) is 1.63. The molecule has 1 aromatic heterocycles. The number of aromatic nitrogens is 1. The number of hydrogen-bond acceptors (Lipinski definition) is 4. The summed E-state index contributed by atoms with van der Waals surface area (Å²) in [4.78, 5) is 17.6.